The van der Waals surface area contributed by atoms with Crippen molar-refractivity contribution in [3.05, 3.63) is 9.98 Å². The van der Waals surface area contributed by atoms with E-state index in [-0.39, 0.29) is 0 Å². The maximum Gasteiger partial charge on any atom is 0.186 e. The molecule has 1 aromatic heterocycles. The van der Waals surface area contributed by atoms with Crippen LogP contribution in [-0.2, 0) is 4.74 Å². The summed E-state index contributed by atoms with van der Waals surface area (Å²) in [5.74, 6) is 0. The molecule has 1 atom stereocenters. The lowest BCUT2D eigenvalue weighted by Crippen LogP contribution is -2.42. The highest BCUT2D eigenvalue weighted by Crippen LogP contribution is 2.25. The first-order chi connectivity index (χ1) is 6.79. The van der Waals surface area contributed by atoms with Gasteiger partial charge >= 0.3 is 0 Å². The minimum absolute atomic E-state index is 0.367. The van der Waals surface area contributed by atoms with Crippen molar-refractivity contribution in [1.29, 1.82) is 0 Å². The number of ether oxygens (including phenoxy) is 1. The molecule has 3 nitrogen and oxygen atoms in total. The van der Waals surface area contributed by atoms with Crippen LogP contribution in [0.25, 0.3) is 0 Å². The van der Waals surface area contributed by atoms with Crippen molar-refractivity contribution in [1.82, 2.24) is 4.98 Å². The molecule has 2 heterocycles. The SMILES string of the molecule is CCC1CN(c2nc(Br)cs2)CCO1. The summed E-state index contributed by atoms with van der Waals surface area (Å²) in [5, 5.41) is 3.12. The normalized spacial score (nSPS) is 22.7. The van der Waals surface area contributed by atoms with Gasteiger partial charge < -0.3 is 9.64 Å². The Morgan fingerprint density at radius 3 is 3.29 bits per heavy atom. The van der Waals surface area contributed by atoms with E-state index < -0.39 is 0 Å². The molecule has 0 aromatic carbocycles. The summed E-state index contributed by atoms with van der Waals surface area (Å²) in [5.41, 5.74) is 0. The molecule has 0 aliphatic carbocycles. The summed E-state index contributed by atoms with van der Waals surface area (Å²) < 4.78 is 6.54. The standard InChI is InChI=1S/C9H13BrN2OS/c1-2-7-5-12(3-4-13-7)9-11-8(10)6-14-9/h6-7H,2-5H2,1H3. The molecular weight excluding hydrogens is 264 g/mol. The number of nitrogens with zero attached hydrogens (tertiary/aromatic N) is 2. The van der Waals surface area contributed by atoms with Crippen LogP contribution in [0.5, 0.6) is 0 Å². The Morgan fingerprint density at radius 1 is 1.79 bits per heavy atom. The van der Waals surface area contributed by atoms with Gasteiger partial charge in [0.05, 0.1) is 12.7 Å². The quantitative estimate of drug-likeness (QED) is 0.830. The van der Waals surface area contributed by atoms with Gasteiger partial charge in [-0.25, -0.2) is 4.98 Å². The van der Waals surface area contributed by atoms with E-state index in [4.69, 9.17) is 4.74 Å². The second-order valence-electron chi connectivity index (χ2n) is 3.30. The molecule has 78 valence electrons. The zero-order valence-corrected chi connectivity index (χ0v) is 10.5. The van der Waals surface area contributed by atoms with Crippen LogP contribution >= 0.6 is 27.3 Å². The molecule has 0 spiro atoms. The maximum atomic E-state index is 5.61. The van der Waals surface area contributed by atoms with Gasteiger partial charge in [-0.15, -0.1) is 11.3 Å². The van der Waals surface area contributed by atoms with Gasteiger partial charge in [-0.1, -0.05) is 6.92 Å². The fourth-order valence-electron chi connectivity index (χ4n) is 1.53. The Morgan fingerprint density at radius 2 is 2.64 bits per heavy atom. The summed E-state index contributed by atoms with van der Waals surface area (Å²) in [7, 11) is 0. The number of anilines is 1. The topological polar surface area (TPSA) is 25.4 Å². The van der Waals surface area contributed by atoms with Gasteiger partial charge in [0.2, 0.25) is 0 Å². The monoisotopic (exact) mass is 276 g/mol. The average molecular weight is 277 g/mol. The van der Waals surface area contributed by atoms with Gasteiger partial charge in [0.25, 0.3) is 0 Å². The third-order valence-corrected chi connectivity index (χ3v) is 3.94. The summed E-state index contributed by atoms with van der Waals surface area (Å²) >= 11 is 5.05. The van der Waals surface area contributed by atoms with E-state index >= 15 is 0 Å². The van der Waals surface area contributed by atoms with Crippen LogP contribution < -0.4 is 4.90 Å². The molecule has 1 aliphatic rings. The number of thiazole rings is 1. The first-order valence-electron chi connectivity index (χ1n) is 4.77. The first kappa shape index (κ1) is 10.4. The highest BCUT2D eigenvalue weighted by molar-refractivity contribution is 9.10. The molecule has 1 aliphatic heterocycles. The molecular formula is C9H13BrN2OS. The van der Waals surface area contributed by atoms with E-state index in [9.17, 15) is 0 Å². The van der Waals surface area contributed by atoms with E-state index in [0.29, 0.717) is 6.10 Å². The molecule has 2 rings (SSSR count). The largest absolute Gasteiger partial charge is 0.375 e. The second kappa shape index (κ2) is 4.59. The van der Waals surface area contributed by atoms with Crippen molar-refractivity contribution in [2.45, 2.75) is 19.4 Å². The average Bonchev–Trinajstić information content (AvgIpc) is 2.65. The predicted molar refractivity (Wildman–Crippen MR) is 62.1 cm³/mol. The lowest BCUT2D eigenvalue weighted by molar-refractivity contribution is 0.0384. The van der Waals surface area contributed by atoms with Crippen molar-refractivity contribution in [3.8, 4) is 0 Å². The molecule has 1 unspecified atom stereocenters. The molecule has 1 aromatic rings. The van der Waals surface area contributed by atoms with E-state index in [1.165, 1.54) is 0 Å². The van der Waals surface area contributed by atoms with Gasteiger partial charge in [0.15, 0.2) is 5.13 Å². The summed E-state index contributed by atoms with van der Waals surface area (Å²) in [6.07, 6.45) is 1.44. The second-order valence-corrected chi connectivity index (χ2v) is 4.95. The summed E-state index contributed by atoms with van der Waals surface area (Å²) in [6, 6.07) is 0. The van der Waals surface area contributed by atoms with Gasteiger partial charge in [-0.05, 0) is 22.4 Å². The van der Waals surface area contributed by atoms with Crippen molar-refractivity contribution in [2.75, 3.05) is 24.6 Å². The Bertz CT molecular complexity index is 305. The molecule has 14 heavy (non-hydrogen) atoms. The highest BCUT2D eigenvalue weighted by Gasteiger charge is 2.20. The first-order valence-corrected chi connectivity index (χ1v) is 6.44. The van der Waals surface area contributed by atoms with Gasteiger partial charge in [0, 0.05) is 18.5 Å². The Labute approximate surface area is 96.2 Å². The molecule has 0 saturated carbocycles. The highest BCUT2D eigenvalue weighted by atomic mass is 79.9. The summed E-state index contributed by atoms with van der Waals surface area (Å²) in [4.78, 5) is 6.71. The van der Waals surface area contributed by atoms with Crippen molar-refractivity contribution in [3.63, 3.8) is 0 Å². The van der Waals surface area contributed by atoms with Crippen molar-refractivity contribution < 1.29 is 4.74 Å². The van der Waals surface area contributed by atoms with E-state index in [1.54, 1.807) is 11.3 Å². The van der Waals surface area contributed by atoms with E-state index in [1.807, 2.05) is 5.38 Å². The minimum Gasteiger partial charge on any atom is -0.375 e. The smallest absolute Gasteiger partial charge is 0.186 e. The van der Waals surface area contributed by atoms with Gasteiger partial charge in [-0.3, -0.25) is 0 Å². The van der Waals surface area contributed by atoms with Crippen LogP contribution in [0.4, 0.5) is 5.13 Å². The Kier molecular flexibility index (Phi) is 3.41. The van der Waals surface area contributed by atoms with E-state index in [2.05, 4.69) is 32.7 Å². The molecule has 0 N–H and O–H groups in total. The van der Waals surface area contributed by atoms with Crippen LogP contribution in [0.3, 0.4) is 0 Å². The maximum absolute atomic E-state index is 5.61. The molecule has 5 heteroatoms. The lowest BCUT2D eigenvalue weighted by Gasteiger charge is -2.32. The van der Waals surface area contributed by atoms with E-state index in [0.717, 1.165) is 35.9 Å². The molecule has 0 bridgehead atoms. The van der Waals surface area contributed by atoms with Crippen LogP contribution in [0, 0.1) is 0 Å². The fourth-order valence-corrected chi connectivity index (χ4v) is 2.82. The number of hydrogen-bond donors (Lipinski definition) is 0. The number of hydrogen-bond acceptors (Lipinski definition) is 4. The number of aromatic nitrogens is 1. The van der Waals surface area contributed by atoms with Crippen LogP contribution in [0.2, 0.25) is 0 Å². The van der Waals surface area contributed by atoms with Crippen molar-refractivity contribution >= 4 is 32.4 Å². The Hall–Kier alpha value is -0.130. The molecule has 0 radical (unpaired) electrons. The van der Waals surface area contributed by atoms with Crippen LogP contribution in [-0.4, -0.2) is 30.8 Å². The predicted octanol–water partition coefficient (Wildman–Crippen LogP) is 2.52. The molecule has 1 saturated heterocycles. The van der Waals surface area contributed by atoms with Crippen LogP contribution in [0.15, 0.2) is 9.98 Å². The molecule has 0 amide bonds. The number of rotatable bonds is 2. The Balaban J connectivity index is 2.04. The number of halogens is 1. The van der Waals surface area contributed by atoms with Gasteiger partial charge in [0.1, 0.15) is 4.60 Å². The lowest BCUT2D eigenvalue weighted by atomic mass is 10.2. The van der Waals surface area contributed by atoms with Crippen LogP contribution in [0.1, 0.15) is 13.3 Å². The third kappa shape index (κ3) is 2.27. The van der Waals surface area contributed by atoms with Crippen molar-refractivity contribution in [2.24, 2.45) is 0 Å². The third-order valence-electron chi connectivity index (χ3n) is 2.33. The zero-order chi connectivity index (χ0) is 9.97. The fraction of sp³-hybridized carbons (Fsp3) is 0.667. The van der Waals surface area contributed by atoms with Gasteiger partial charge in [-0.2, -0.15) is 0 Å². The number of morpholine rings is 1. The summed E-state index contributed by atoms with van der Waals surface area (Å²) in [6.45, 7) is 4.90. The zero-order valence-electron chi connectivity index (χ0n) is 8.07. The molecule has 1 fully saturated rings. The minimum atomic E-state index is 0.367.